The van der Waals surface area contributed by atoms with Crippen molar-refractivity contribution in [2.24, 2.45) is 11.8 Å². The summed E-state index contributed by atoms with van der Waals surface area (Å²) >= 11 is 0. The van der Waals surface area contributed by atoms with Gasteiger partial charge in [0.2, 0.25) is 0 Å². The number of benzene rings is 1. The zero-order valence-corrected chi connectivity index (χ0v) is 11.4. The third kappa shape index (κ3) is 3.85. The monoisotopic (exact) mass is 231 g/mol. The van der Waals surface area contributed by atoms with Crippen LogP contribution in [0.1, 0.15) is 50.7 Å². The van der Waals surface area contributed by atoms with Crippen LogP contribution in [0.4, 0.5) is 0 Å². The van der Waals surface area contributed by atoms with E-state index in [2.05, 4.69) is 50.4 Å². The van der Waals surface area contributed by atoms with Crippen molar-refractivity contribution < 1.29 is 0 Å². The lowest BCUT2D eigenvalue weighted by molar-refractivity contribution is 0.392. The molecule has 1 aromatic rings. The lowest BCUT2D eigenvalue weighted by Crippen LogP contribution is -2.23. The van der Waals surface area contributed by atoms with E-state index in [1.165, 1.54) is 18.4 Å². The minimum absolute atomic E-state index is 0.751. The molecule has 0 aromatic heterocycles. The highest BCUT2D eigenvalue weighted by molar-refractivity contribution is 5.29. The Balaban J connectivity index is 1.80. The molecule has 0 heterocycles. The van der Waals surface area contributed by atoms with Crippen LogP contribution in [0, 0.1) is 11.8 Å². The van der Waals surface area contributed by atoms with Crippen LogP contribution in [0.25, 0.3) is 0 Å². The van der Waals surface area contributed by atoms with E-state index in [1.807, 2.05) is 0 Å². The van der Waals surface area contributed by atoms with Gasteiger partial charge in [-0.2, -0.15) is 0 Å². The maximum absolute atomic E-state index is 3.57. The molecule has 1 aliphatic rings. The van der Waals surface area contributed by atoms with Crippen LogP contribution >= 0.6 is 0 Å². The largest absolute Gasteiger partial charge is 0.312 e. The van der Waals surface area contributed by atoms with Gasteiger partial charge in [-0.05, 0) is 48.3 Å². The number of nitrogens with one attached hydrogen (secondary N) is 1. The van der Waals surface area contributed by atoms with Crippen molar-refractivity contribution in [3.05, 3.63) is 35.4 Å². The smallest absolute Gasteiger partial charge is 0.0205 e. The summed E-state index contributed by atoms with van der Waals surface area (Å²) in [6, 6.07) is 9.10. The molecule has 1 fully saturated rings. The summed E-state index contributed by atoms with van der Waals surface area (Å²) in [5, 5.41) is 3.57. The van der Waals surface area contributed by atoms with Gasteiger partial charge in [0.25, 0.3) is 0 Å². The summed E-state index contributed by atoms with van der Waals surface area (Å²) in [5.74, 6) is 2.38. The topological polar surface area (TPSA) is 12.0 Å². The lowest BCUT2D eigenvalue weighted by Gasteiger charge is -2.16. The highest BCUT2D eigenvalue weighted by atomic mass is 14.9. The molecule has 1 unspecified atom stereocenters. The van der Waals surface area contributed by atoms with Crippen molar-refractivity contribution in [2.75, 3.05) is 6.54 Å². The van der Waals surface area contributed by atoms with Crippen LogP contribution in [0.2, 0.25) is 0 Å². The van der Waals surface area contributed by atoms with Gasteiger partial charge in [-0.15, -0.1) is 0 Å². The average Bonchev–Trinajstić information content (AvgIpc) is 3.13. The van der Waals surface area contributed by atoms with Crippen LogP contribution in [0.15, 0.2) is 24.3 Å². The van der Waals surface area contributed by atoms with Crippen LogP contribution < -0.4 is 5.32 Å². The molecule has 1 heteroatoms. The number of hydrogen-bond acceptors (Lipinski definition) is 1. The SMILES string of the molecule is CC(C)C(C)CNCc1cccc(C2CC2)c1. The van der Waals surface area contributed by atoms with Gasteiger partial charge in [0.15, 0.2) is 0 Å². The maximum atomic E-state index is 3.57. The van der Waals surface area contributed by atoms with Gasteiger partial charge in [-0.3, -0.25) is 0 Å². The summed E-state index contributed by atoms with van der Waals surface area (Å²) in [4.78, 5) is 0. The second-order valence-electron chi connectivity index (χ2n) is 5.87. The first kappa shape index (κ1) is 12.6. The standard InChI is InChI=1S/C16H25N/c1-12(2)13(3)10-17-11-14-5-4-6-16(9-14)15-7-8-15/h4-6,9,12-13,15,17H,7-8,10-11H2,1-3H3. The van der Waals surface area contributed by atoms with Gasteiger partial charge in [0, 0.05) is 6.54 Å². The molecule has 2 rings (SSSR count). The summed E-state index contributed by atoms with van der Waals surface area (Å²) in [7, 11) is 0. The Morgan fingerprint density at radius 3 is 2.65 bits per heavy atom. The fourth-order valence-corrected chi connectivity index (χ4v) is 2.05. The normalized spacial score (nSPS) is 17.4. The highest BCUT2D eigenvalue weighted by Gasteiger charge is 2.23. The Morgan fingerprint density at radius 1 is 1.24 bits per heavy atom. The Hall–Kier alpha value is -0.820. The Labute approximate surface area is 106 Å². The van der Waals surface area contributed by atoms with E-state index in [1.54, 1.807) is 5.56 Å². The second-order valence-corrected chi connectivity index (χ2v) is 5.87. The summed E-state index contributed by atoms with van der Waals surface area (Å²) < 4.78 is 0. The summed E-state index contributed by atoms with van der Waals surface area (Å²) in [6.45, 7) is 9.03. The van der Waals surface area contributed by atoms with Crippen LogP contribution in [0.3, 0.4) is 0 Å². The van der Waals surface area contributed by atoms with Crippen molar-refractivity contribution in [3.63, 3.8) is 0 Å². The average molecular weight is 231 g/mol. The van der Waals surface area contributed by atoms with Crippen LogP contribution in [-0.2, 0) is 6.54 Å². The molecule has 1 aliphatic carbocycles. The fourth-order valence-electron chi connectivity index (χ4n) is 2.05. The van der Waals surface area contributed by atoms with E-state index in [9.17, 15) is 0 Å². The van der Waals surface area contributed by atoms with E-state index in [0.29, 0.717) is 0 Å². The van der Waals surface area contributed by atoms with Crippen LogP contribution in [-0.4, -0.2) is 6.54 Å². The molecule has 0 aliphatic heterocycles. The molecule has 1 N–H and O–H groups in total. The van der Waals surface area contributed by atoms with Gasteiger partial charge in [0.05, 0.1) is 0 Å². The first-order valence-electron chi connectivity index (χ1n) is 6.96. The molecule has 0 amide bonds. The Bertz CT molecular complexity index is 352. The molecule has 0 radical (unpaired) electrons. The Morgan fingerprint density at radius 2 is 2.00 bits per heavy atom. The van der Waals surface area contributed by atoms with E-state index in [4.69, 9.17) is 0 Å². The zero-order chi connectivity index (χ0) is 12.3. The quantitative estimate of drug-likeness (QED) is 0.782. The van der Waals surface area contributed by atoms with Gasteiger partial charge >= 0.3 is 0 Å². The molecular weight excluding hydrogens is 206 g/mol. The predicted octanol–water partition coefficient (Wildman–Crippen LogP) is 3.95. The third-order valence-corrected chi connectivity index (χ3v) is 3.93. The maximum Gasteiger partial charge on any atom is 0.0205 e. The molecule has 1 aromatic carbocycles. The van der Waals surface area contributed by atoms with Crippen molar-refractivity contribution in [1.29, 1.82) is 0 Å². The number of hydrogen-bond donors (Lipinski definition) is 1. The van der Waals surface area contributed by atoms with Gasteiger partial charge in [0.1, 0.15) is 0 Å². The second kappa shape index (κ2) is 5.68. The van der Waals surface area contributed by atoms with E-state index < -0.39 is 0 Å². The minimum atomic E-state index is 0.751. The molecule has 1 nitrogen and oxygen atoms in total. The Kier molecular flexibility index (Phi) is 4.22. The highest BCUT2D eigenvalue weighted by Crippen LogP contribution is 2.40. The fraction of sp³-hybridized carbons (Fsp3) is 0.625. The summed E-state index contributed by atoms with van der Waals surface area (Å²) in [5.41, 5.74) is 2.98. The number of rotatable bonds is 6. The van der Waals surface area contributed by atoms with Gasteiger partial charge in [-0.25, -0.2) is 0 Å². The first-order valence-corrected chi connectivity index (χ1v) is 6.96. The third-order valence-electron chi connectivity index (χ3n) is 3.93. The zero-order valence-electron chi connectivity index (χ0n) is 11.4. The van der Waals surface area contributed by atoms with Crippen molar-refractivity contribution in [3.8, 4) is 0 Å². The molecule has 0 spiro atoms. The molecule has 0 bridgehead atoms. The molecule has 1 atom stereocenters. The van der Waals surface area contributed by atoms with Gasteiger partial charge in [-0.1, -0.05) is 45.0 Å². The van der Waals surface area contributed by atoms with Crippen LogP contribution in [0.5, 0.6) is 0 Å². The molecular formula is C16H25N. The van der Waals surface area contributed by atoms with E-state index >= 15 is 0 Å². The first-order chi connectivity index (χ1) is 8.16. The predicted molar refractivity (Wildman–Crippen MR) is 74.1 cm³/mol. The minimum Gasteiger partial charge on any atom is -0.312 e. The molecule has 94 valence electrons. The summed E-state index contributed by atoms with van der Waals surface area (Å²) in [6.07, 6.45) is 2.78. The van der Waals surface area contributed by atoms with Gasteiger partial charge < -0.3 is 5.32 Å². The van der Waals surface area contributed by atoms with E-state index in [-0.39, 0.29) is 0 Å². The van der Waals surface area contributed by atoms with Crippen molar-refractivity contribution in [1.82, 2.24) is 5.32 Å². The molecule has 1 saturated carbocycles. The molecule has 0 saturated heterocycles. The van der Waals surface area contributed by atoms with E-state index in [0.717, 1.165) is 30.8 Å². The molecule has 17 heavy (non-hydrogen) atoms. The van der Waals surface area contributed by atoms with Crippen molar-refractivity contribution in [2.45, 2.75) is 46.1 Å². The van der Waals surface area contributed by atoms with Crippen molar-refractivity contribution >= 4 is 0 Å². The lowest BCUT2D eigenvalue weighted by atomic mass is 9.98.